The van der Waals surface area contributed by atoms with Crippen molar-refractivity contribution in [2.45, 2.75) is 52.2 Å². The number of carboxylic acid groups (broad SMARTS) is 1. The molecule has 1 fully saturated rings. The number of carbonyl (C=O) groups excluding carboxylic acids is 1. The van der Waals surface area contributed by atoms with Gasteiger partial charge in [0.1, 0.15) is 5.60 Å². The van der Waals surface area contributed by atoms with Crippen molar-refractivity contribution in [3.8, 4) is 0 Å². The van der Waals surface area contributed by atoms with Crippen LogP contribution in [-0.2, 0) is 17.7 Å². The van der Waals surface area contributed by atoms with Gasteiger partial charge in [0.05, 0.1) is 0 Å². The van der Waals surface area contributed by atoms with Gasteiger partial charge in [-0.05, 0) is 56.7 Å². The first-order chi connectivity index (χ1) is 12.7. The van der Waals surface area contributed by atoms with Crippen molar-refractivity contribution in [1.82, 2.24) is 9.80 Å². The molecular formula is C21H28N2O4. The molecule has 0 saturated carbocycles. The van der Waals surface area contributed by atoms with Crippen molar-refractivity contribution < 1.29 is 19.4 Å². The summed E-state index contributed by atoms with van der Waals surface area (Å²) in [4.78, 5) is 26.6. The number of piperidine rings is 1. The van der Waals surface area contributed by atoms with Crippen molar-refractivity contribution in [3.63, 3.8) is 0 Å². The van der Waals surface area contributed by atoms with Crippen LogP contribution in [-0.4, -0.2) is 52.3 Å². The lowest BCUT2D eigenvalue weighted by molar-refractivity contribution is 0.0237. The number of hydrogen-bond donors (Lipinski definition) is 1. The summed E-state index contributed by atoms with van der Waals surface area (Å²) in [5, 5.41) is 9.21. The zero-order valence-electron chi connectivity index (χ0n) is 16.3. The Morgan fingerprint density at radius 2 is 1.74 bits per heavy atom. The Bertz CT molecular complexity index is 754. The highest BCUT2D eigenvalue weighted by molar-refractivity contribution is 5.69. The fraction of sp³-hybridized carbons (Fsp3) is 0.524. The second-order valence-electron chi connectivity index (χ2n) is 8.21. The third-order valence-electron chi connectivity index (χ3n) is 4.99. The molecule has 2 heterocycles. The van der Waals surface area contributed by atoms with Gasteiger partial charge in [-0.1, -0.05) is 29.8 Å². The minimum Gasteiger partial charge on any atom is -0.465 e. The number of ether oxygens (including phenoxy) is 1. The van der Waals surface area contributed by atoms with Crippen LogP contribution in [0, 0.1) is 0 Å². The van der Waals surface area contributed by atoms with Crippen LogP contribution >= 0.6 is 0 Å². The van der Waals surface area contributed by atoms with E-state index in [-0.39, 0.29) is 6.09 Å². The van der Waals surface area contributed by atoms with Crippen molar-refractivity contribution in [3.05, 3.63) is 40.5 Å². The normalized spacial score (nSPS) is 17.4. The molecule has 2 amide bonds. The summed E-state index contributed by atoms with van der Waals surface area (Å²) in [5.41, 5.74) is 4.36. The summed E-state index contributed by atoms with van der Waals surface area (Å²) in [7, 11) is 0. The number of likely N-dealkylation sites (tertiary alicyclic amines) is 1. The van der Waals surface area contributed by atoms with Gasteiger partial charge in [0.2, 0.25) is 0 Å². The number of nitrogens with zero attached hydrogens (tertiary/aromatic N) is 2. The molecule has 6 nitrogen and oxygen atoms in total. The number of carbonyl (C=O) groups is 2. The van der Waals surface area contributed by atoms with Gasteiger partial charge in [0.25, 0.3) is 0 Å². The van der Waals surface area contributed by atoms with Crippen LogP contribution < -0.4 is 0 Å². The van der Waals surface area contributed by atoms with E-state index in [2.05, 4.69) is 12.1 Å². The quantitative estimate of drug-likeness (QED) is 0.804. The second-order valence-corrected chi connectivity index (χ2v) is 8.21. The third kappa shape index (κ3) is 4.81. The Balaban J connectivity index is 1.67. The van der Waals surface area contributed by atoms with Crippen LogP contribution in [0.25, 0.3) is 6.08 Å². The van der Waals surface area contributed by atoms with E-state index >= 15 is 0 Å². The van der Waals surface area contributed by atoms with E-state index in [1.54, 1.807) is 4.90 Å². The fourth-order valence-electron chi connectivity index (χ4n) is 3.60. The first-order valence-corrected chi connectivity index (χ1v) is 9.49. The van der Waals surface area contributed by atoms with Crippen molar-refractivity contribution in [2.75, 3.05) is 19.6 Å². The number of fused-ring (bicyclic) bond motifs is 1. The minimum absolute atomic E-state index is 0.243. The van der Waals surface area contributed by atoms with Gasteiger partial charge >= 0.3 is 12.2 Å². The Morgan fingerprint density at radius 3 is 2.37 bits per heavy atom. The molecule has 0 atom stereocenters. The fourth-order valence-corrected chi connectivity index (χ4v) is 3.60. The number of benzene rings is 1. The lowest BCUT2D eigenvalue weighted by atomic mass is 9.92. The van der Waals surface area contributed by atoms with E-state index in [0.717, 1.165) is 24.8 Å². The first-order valence-electron chi connectivity index (χ1n) is 9.49. The number of hydrogen-bond acceptors (Lipinski definition) is 3. The Morgan fingerprint density at radius 1 is 1.07 bits per heavy atom. The number of amides is 2. The molecule has 0 unspecified atom stereocenters. The lowest BCUT2D eigenvalue weighted by Crippen LogP contribution is -2.40. The summed E-state index contributed by atoms with van der Waals surface area (Å²) in [5.74, 6) is 0. The standard InChI is InChI=1S/C21H28N2O4/c1-21(2,3)27-20(26)22-10-7-15(8-11-22)13-16-5-4-6-17-14-23(19(24)25)12-9-18(16)17/h4-6,13H,7-12,14H2,1-3H3,(H,24,25). The highest BCUT2D eigenvalue weighted by Crippen LogP contribution is 2.27. The van der Waals surface area contributed by atoms with Crippen LogP contribution in [0.1, 0.15) is 50.3 Å². The molecule has 2 aliphatic rings. The molecular weight excluding hydrogens is 344 g/mol. The van der Waals surface area contributed by atoms with Crippen molar-refractivity contribution in [2.24, 2.45) is 0 Å². The third-order valence-corrected chi connectivity index (χ3v) is 4.99. The Hall–Kier alpha value is -2.50. The summed E-state index contributed by atoms with van der Waals surface area (Å²) in [6.07, 6.45) is 3.54. The first kappa shape index (κ1) is 19.3. The molecule has 0 spiro atoms. The van der Waals surface area contributed by atoms with E-state index in [9.17, 15) is 14.7 Å². The van der Waals surface area contributed by atoms with Crippen LogP contribution in [0.2, 0.25) is 0 Å². The maximum atomic E-state index is 12.2. The predicted molar refractivity (Wildman–Crippen MR) is 104 cm³/mol. The zero-order valence-corrected chi connectivity index (χ0v) is 16.3. The molecule has 1 aromatic carbocycles. The molecule has 0 aliphatic carbocycles. The van der Waals surface area contributed by atoms with Gasteiger partial charge in [0, 0.05) is 26.2 Å². The van der Waals surface area contributed by atoms with Crippen molar-refractivity contribution in [1.29, 1.82) is 0 Å². The highest BCUT2D eigenvalue weighted by atomic mass is 16.6. The zero-order chi connectivity index (χ0) is 19.6. The topological polar surface area (TPSA) is 70.1 Å². The summed E-state index contributed by atoms with van der Waals surface area (Å²) >= 11 is 0. The average molecular weight is 372 g/mol. The molecule has 1 saturated heterocycles. The Labute approximate surface area is 160 Å². The van der Waals surface area contributed by atoms with E-state index < -0.39 is 11.7 Å². The molecule has 6 heteroatoms. The summed E-state index contributed by atoms with van der Waals surface area (Å²) < 4.78 is 5.45. The minimum atomic E-state index is -0.862. The highest BCUT2D eigenvalue weighted by Gasteiger charge is 2.25. The Kier molecular flexibility index (Phi) is 5.44. The van der Waals surface area contributed by atoms with Crippen LogP contribution in [0.5, 0.6) is 0 Å². The molecule has 27 heavy (non-hydrogen) atoms. The van der Waals surface area contributed by atoms with Gasteiger partial charge in [-0.2, -0.15) is 0 Å². The molecule has 146 valence electrons. The molecule has 0 radical (unpaired) electrons. The monoisotopic (exact) mass is 372 g/mol. The van der Waals surface area contributed by atoms with E-state index in [0.29, 0.717) is 26.2 Å². The molecule has 1 aromatic rings. The smallest absolute Gasteiger partial charge is 0.410 e. The van der Waals surface area contributed by atoms with Gasteiger partial charge in [-0.15, -0.1) is 0 Å². The summed E-state index contributed by atoms with van der Waals surface area (Å²) in [6.45, 7) is 7.97. The van der Waals surface area contributed by atoms with Crippen molar-refractivity contribution >= 4 is 18.3 Å². The molecule has 2 aliphatic heterocycles. The average Bonchev–Trinajstić information content (AvgIpc) is 2.60. The lowest BCUT2D eigenvalue weighted by Gasteiger charge is -2.31. The van der Waals surface area contributed by atoms with Crippen LogP contribution in [0.15, 0.2) is 23.8 Å². The van der Waals surface area contributed by atoms with Gasteiger partial charge in [0.15, 0.2) is 0 Å². The molecule has 0 bridgehead atoms. The van der Waals surface area contributed by atoms with Crippen LogP contribution in [0.3, 0.4) is 0 Å². The summed E-state index contributed by atoms with van der Waals surface area (Å²) in [6, 6.07) is 6.10. The molecule has 0 aromatic heterocycles. The van der Waals surface area contributed by atoms with Crippen LogP contribution in [0.4, 0.5) is 9.59 Å². The predicted octanol–water partition coefficient (Wildman–Crippen LogP) is 4.14. The largest absolute Gasteiger partial charge is 0.465 e. The second kappa shape index (κ2) is 7.62. The molecule has 3 rings (SSSR count). The van der Waals surface area contributed by atoms with Gasteiger partial charge < -0.3 is 19.6 Å². The number of rotatable bonds is 1. The van der Waals surface area contributed by atoms with E-state index in [4.69, 9.17) is 4.74 Å². The van der Waals surface area contributed by atoms with Gasteiger partial charge in [-0.3, -0.25) is 0 Å². The van der Waals surface area contributed by atoms with E-state index in [1.165, 1.54) is 21.6 Å². The SMILES string of the molecule is CC(C)(C)OC(=O)N1CCC(=Cc2cccc3c2CCN(C(=O)O)C3)CC1. The molecule has 1 N–H and O–H groups in total. The maximum absolute atomic E-state index is 12.2. The maximum Gasteiger partial charge on any atom is 0.410 e. The van der Waals surface area contributed by atoms with Gasteiger partial charge in [-0.25, -0.2) is 9.59 Å². The van der Waals surface area contributed by atoms with E-state index in [1.807, 2.05) is 32.9 Å².